The lowest BCUT2D eigenvalue weighted by atomic mass is 10.1. The SMILES string of the molecule is CC(C)(C)NC(N)=NCc1cc(F)cc(Br)c1.I. The fourth-order valence-electron chi connectivity index (χ4n) is 1.30. The standard InChI is InChI=1S/C12H17BrFN3.HI/c1-12(2,3)17-11(15)16-7-8-4-9(13)6-10(14)5-8;/h4-6H,7H2,1-3H3,(H3,15,16,17);1H. The van der Waals surface area contributed by atoms with E-state index < -0.39 is 0 Å². The Morgan fingerprint density at radius 2 is 2.00 bits per heavy atom. The number of hydrogen-bond acceptors (Lipinski definition) is 1. The molecule has 102 valence electrons. The number of nitrogens with zero attached hydrogens (tertiary/aromatic N) is 1. The maximum atomic E-state index is 13.1. The summed E-state index contributed by atoms with van der Waals surface area (Å²) in [6.07, 6.45) is 0. The summed E-state index contributed by atoms with van der Waals surface area (Å²) >= 11 is 3.23. The summed E-state index contributed by atoms with van der Waals surface area (Å²) in [6.45, 7) is 6.34. The van der Waals surface area contributed by atoms with Gasteiger partial charge in [0.25, 0.3) is 0 Å². The van der Waals surface area contributed by atoms with Gasteiger partial charge in [0, 0.05) is 10.0 Å². The molecule has 18 heavy (non-hydrogen) atoms. The summed E-state index contributed by atoms with van der Waals surface area (Å²) in [4.78, 5) is 4.16. The second-order valence-electron chi connectivity index (χ2n) is 4.85. The Hall–Kier alpha value is -0.370. The summed E-state index contributed by atoms with van der Waals surface area (Å²) in [5.41, 5.74) is 6.36. The lowest BCUT2D eigenvalue weighted by Gasteiger charge is -2.20. The summed E-state index contributed by atoms with van der Waals surface area (Å²) in [7, 11) is 0. The van der Waals surface area contributed by atoms with Crippen molar-refractivity contribution in [3.05, 3.63) is 34.1 Å². The first-order valence-corrected chi connectivity index (χ1v) is 6.09. The molecule has 0 atom stereocenters. The molecule has 1 rings (SSSR count). The summed E-state index contributed by atoms with van der Waals surface area (Å²) < 4.78 is 13.8. The number of nitrogens with two attached hydrogens (primary N) is 1. The van der Waals surface area contributed by atoms with E-state index in [2.05, 4.69) is 26.2 Å². The summed E-state index contributed by atoms with van der Waals surface area (Å²) in [5.74, 6) is 0.0739. The Bertz CT molecular complexity index is 410. The monoisotopic (exact) mass is 429 g/mol. The van der Waals surface area contributed by atoms with Gasteiger partial charge in [0.15, 0.2) is 5.96 Å². The van der Waals surface area contributed by atoms with Crippen LogP contribution in [0.5, 0.6) is 0 Å². The fraction of sp³-hybridized carbons (Fsp3) is 0.417. The molecule has 0 radical (unpaired) electrons. The van der Waals surface area contributed by atoms with Crippen molar-refractivity contribution in [1.29, 1.82) is 0 Å². The minimum Gasteiger partial charge on any atom is -0.370 e. The Labute approximate surface area is 133 Å². The lowest BCUT2D eigenvalue weighted by Crippen LogP contribution is -2.44. The van der Waals surface area contributed by atoms with Crippen LogP contribution < -0.4 is 11.1 Å². The molecule has 0 saturated heterocycles. The molecule has 0 aliphatic heterocycles. The van der Waals surface area contributed by atoms with Gasteiger partial charge in [-0.25, -0.2) is 9.38 Å². The van der Waals surface area contributed by atoms with E-state index in [1.165, 1.54) is 12.1 Å². The molecule has 0 amide bonds. The number of aliphatic imine (C=N–C) groups is 1. The normalized spacial score (nSPS) is 11.9. The zero-order chi connectivity index (χ0) is 13.1. The van der Waals surface area contributed by atoms with Gasteiger partial charge in [-0.05, 0) is 44.5 Å². The van der Waals surface area contributed by atoms with Crippen LogP contribution in [0.4, 0.5) is 4.39 Å². The molecule has 0 spiro atoms. The molecule has 0 aromatic heterocycles. The second kappa shape index (κ2) is 7.28. The van der Waals surface area contributed by atoms with Crippen molar-refractivity contribution in [2.75, 3.05) is 0 Å². The minimum atomic E-state index is -0.285. The predicted octanol–water partition coefficient (Wildman–Crippen LogP) is 3.41. The maximum absolute atomic E-state index is 13.1. The first-order valence-electron chi connectivity index (χ1n) is 5.29. The molecule has 0 heterocycles. The molecule has 0 bridgehead atoms. The van der Waals surface area contributed by atoms with Gasteiger partial charge in [0.2, 0.25) is 0 Å². The van der Waals surface area contributed by atoms with Gasteiger partial charge in [0.05, 0.1) is 6.54 Å². The van der Waals surface area contributed by atoms with Gasteiger partial charge in [0.1, 0.15) is 5.82 Å². The molecule has 6 heteroatoms. The van der Waals surface area contributed by atoms with E-state index >= 15 is 0 Å². The predicted molar refractivity (Wildman–Crippen MR) is 87.7 cm³/mol. The third-order valence-electron chi connectivity index (χ3n) is 1.86. The average molecular weight is 430 g/mol. The number of benzene rings is 1. The molecule has 0 saturated carbocycles. The van der Waals surface area contributed by atoms with Crippen LogP contribution in [0.15, 0.2) is 27.7 Å². The topological polar surface area (TPSA) is 50.4 Å². The number of nitrogens with one attached hydrogen (secondary N) is 1. The third-order valence-corrected chi connectivity index (χ3v) is 2.32. The number of hydrogen-bond donors (Lipinski definition) is 2. The smallest absolute Gasteiger partial charge is 0.189 e. The molecular weight excluding hydrogens is 412 g/mol. The Kier molecular flexibility index (Phi) is 7.13. The molecule has 1 aromatic rings. The van der Waals surface area contributed by atoms with Crippen LogP contribution in [0, 0.1) is 5.82 Å². The van der Waals surface area contributed by atoms with Gasteiger partial charge < -0.3 is 11.1 Å². The van der Waals surface area contributed by atoms with Gasteiger partial charge in [-0.15, -0.1) is 24.0 Å². The molecule has 1 aromatic carbocycles. The summed E-state index contributed by atoms with van der Waals surface area (Å²) in [6, 6.07) is 4.67. The van der Waals surface area contributed by atoms with Crippen molar-refractivity contribution in [3.63, 3.8) is 0 Å². The van der Waals surface area contributed by atoms with Crippen molar-refractivity contribution < 1.29 is 4.39 Å². The van der Waals surface area contributed by atoms with E-state index in [-0.39, 0.29) is 35.3 Å². The highest BCUT2D eigenvalue weighted by Gasteiger charge is 2.09. The van der Waals surface area contributed by atoms with E-state index in [1.807, 2.05) is 26.8 Å². The Balaban J connectivity index is 0.00000289. The first kappa shape index (κ1) is 17.6. The van der Waals surface area contributed by atoms with Crippen LogP contribution in [0.3, 0.4) is 0 Å². The van der Waals surface area contributed by atoms with E-state index in [1.54, 1.807) is 0 Å². The number of rotatable bonds is 2. The number of halogens is 3. The highest BCUT2D eigenvalue weighted by atomic mass is 127. The van der Waals surface area contributed by atoms with Crippen molar-refractivity contribution in [3.8, 4) is 0 Å². The fourth-order valence-corrected chi connectivity index (χ4v) is 1.82. The first-order chi connectivity index (χ1) is 7.76. The molecule has 0 aliphatic rings. The molecule has 0 unspecified atom stereocenters. The highest BCUT2D eigenvalue weighted by molar-refractivity contribution is 14.0. The van der Waals surface area contributed by atoms with Gasteiger partial charge >= 0.3 is 0 Å². The van der Waals surface area contributed by atoms with Crippen LogP contribution in [-0.2, 0) is 6.54 Å². The van der Waals surface area contributed by atoms with Gasteiger partial charge in [-0.3, -0.25) is 0 Å². The quantitative estimate of drug-likeness (QED) is 0.430. The average Bonchev–Trinajstić information content (AvgIpc) is 2.10. The van der Waals surface area contributed by atoms with Crippen LogP contribution >= 0.6 is 39.9 Å². The molecule has 0 fully saturated rings. The van der Waals surface area contributed by atoms with Crippen LogP contribution in [0.2, 0.25) is 0 Å². The van der Waals surface area contributed by atoms with E-state index in [4.69, 9.17) is 5.73 Å². The molecule has 3 N–H and O–H groups in total. The van der Waals surface area contributed by atoms with E-state index in [9.17, 15) is 4.39 Å². The summed E-state index contributed by atoms with van der Waals surface area (Å²) in [5, 5.41) is 3.04. The largest absolute Gasteiger partial charge is 0.370 e. The van der Waals surface area contributed by atoms with Crippen LogP contribution in [0.25, 0.3) is 0 Å². The lowest BCUT2D eigenvalue weighted by molar-refractivity contribution is 0.508. The zero-order valence-corrected chi connectivity index (χ0v) is 14.5. The zero-order valence-electron chi connectivity index (χ0n) is 10.6. The molecule has 0 aliphatic carbocycles. The third kappa shape index (κ3) is 7.15. The van der Waals surface area contributed by atoms with Gasteiger partial charge in [-0.2, -0.15) is 0 Å². The highest BCUT2D eigenvalue weighted by Crippen LogP contribution is 2.15. The van der Waals surface area contributed by atoms with Crippen molar-refractivity contribution in [2.45, 2.75) is 32.9 Å². The minimum absolute atomic E-state index is 0. The van der Waals surface area contributed by atoms with E-state index in [0.29, 0.717) is 17.0 Å². The molecular formula is C12H18BrFIN3. The Morgan fingerprint density at radius 3 is 2.50 bits per heavy atom. The van der Waals surface area contributed by atoms with Crippen molar-refractivity contribution in [1.82, 2.24) is 5.32 Å². The van der Waals surface area contributed by atoms with Crippen LogP contribution in [-0.4, -0.2) is 11.5 Å². The van der Waals surface area contributed by atoms with Crippen molar-refractivity contribution in [2.24, 2.45) is 10.7 Å². The van der Waals surface area contributed by atoms with Crippen molar-refractivity contribution >= 4 is 45.9 Å². The Morgan fingerprint density at radius 1 is 1.39 bits per heavy atom. The molecule has 3 nitrogen and oxygen atoms in total. The van der Waals surface area contributed by atoms with E-state index in [0.717, 1.165) is 5.56 Å². The number of guanidine groups is 1. The van der Waals surface area contributed by atoms with Gasteiger partial charge in [-0.1, -0.05) is 15.9 Å². The maximum Gasteiger partial charge on any atom is 0.189 e. The van der Waals surface area contributed by atoms with Crippen LogP contribution in [0.1, 0.15) is 26.3 Å². The second-order valence-corrected chi connectivity index (χ2v) is 5.77.